The fraction of sp³-hybridized carbons (Fsp3) is 0. The SMILES string of the molecule is Fc1c(F)c(F)c(-c2cc(-c3c(F)c(-c4cc(-c5c(F)c(F)c(F)c(F)c5F)c(F)c(-c5c(F)c(F)c(F)c(F)c5F)c4F)c(F)c(-c4cc(-c5c(F)c(F)c(F)c(F)c5F)c(F)c(-c5c(F)c(F)c(F)c(F)c5F)c4F)c3F)c(F)c(-c3c(F)c(F)c(F)c(F)c3F)c2F)c(F)c1F. The molecule has 0 saturated carbocycles. The molecule has 0 atom stereocenters. The van der Waals surface area contributed by atoms with Gasteiger partial charge in [0.05, 0.1) is 66.8 Å². The number of benzene rings is 10. The molecule has 0 aliphatic rings. The third-order valence-corrected chi connectivity index (χ3v) is 14.5. The van der Waals surface area contributed by atoms with Gasteiger partial charge in [-0.25, -0.2) is 171 Å². The lowest BCUT2D eigenvalue weighted by Crippen LogP contribution is -2.13. The Morgan fingerprint density at radius 3 is 0.283 bits per heavy atom. The van der Waals surface area contributed by atoms with Gasteiger partial charge < -0.3 is 0 Å². The lowest BCUT2D eigenvalue weighted by atomic mass is 9.84. The summed E-state index contributed by atoms with van der Waals surface area (Å²) in [6.45, 7) is 0. The molecule has 0 aliphatic heterocycles. The van der Waals surface area contributed by atoms with E-state index in [-0.39, 0.29) is 0 Å². The van der Waals surface area contributed by atoms with Crippen LogP contribution in [-0.4, -0.2) is 0 Å². The van der Waals surface area contributed by atoms with Crippen molar-refractivity contribution in [2.24, 2.45) is 0 Å². The Bertz CT molecular complexity index is 4650. The Morgan fingerprint density at radius 2 is 0.162 bits per heavy atom. The summed E-state index contributed by atoms with van der Waals surface area (Å²) in [5.41, 5.74) is -59.7. The van der Waals surface area contributed by atoms with Crippen LogP contribution in [0, 0.1) is 227 Å². The first-order valence-corrected chi connectivity index (χ1v) is 24.9. The van der Waals surface area contributed by atoms with E-state index in [4.69, 9.17) is 0 Å². The minimum atomic E-state index is -3.95. The number of rotatable bonds is 9. The number of hydrogen-bond donors (Lipinski definition) is 0. The van der Waals surface area contributed by atoms with Crippen LogP contribution in [0.1, 0.15) is 0 Å². The zero-order valence-electron chi connectivity index (χ0n) is 45.0. The summed E-state index contributed by atoms with van der Waals surface area (Å²) in [7, 11) is 0. The fourth-order valence-corrected chi connectivity index (χ4v) is 10.0. The molecule has 10 rings (SSSR count). The predicted octanol–water partition coefficient (Wildman–Crippen LogP) is 22.1. The maximum atomic E-state index is 18.4. The highest BCUT2D eigenvalue weighted by molar-refractivity contribution is 5.94. The molecular weight excluding hydrogens is 1460 g/mol. The molecule has 0 heterocycles. The van der Waals surface area contributed by atoms with E-state index in [2.05, 4.69) is 0 Å². The average molecular weight is 1460 g/mol. The van der Waals surface area contributed by atoms with Crippen LogP contribution in [0.5, 0.6) is 0 Å². The number of halogens is 39. The molecule has 0 bridgehead atoms. The van der Waals surface area contributed by atoms with E-state index < -0.39 is 345 Å². The summed E-state index contributed by atoms with van der Waals surface area (Å²) < 4.78 is 616. The van der Waals surface area contributed by atoms with Gasteiger partial charge in [0.15, 0.2) is 140 Å². The van der Waals surface area contributed by atoms with Gasteiger partial charge in [-0.05, 0) is 18.2 Å². The first-order chi connectivity index (χ1) is 46.0. The molecule has 99 heavy (non-hydrogen) atoms. The maximum absolute atomic E-state index is 18.4. The van der Waals surface area contributed by atoms with Gasteiger partial charge >= 0.3 is 0 Å². The van der Waals surface area contributed by atoms with Crippen molar-refractivity contribution in [3.05, 3.63) is 245 Å². The lowest BCUT2D eigenvalue weighted by molar-refractivity contribution is 0.380. The largest absolute Gasteiger partial charge is 0.206 e. The second-order valence-electron chi connectivity index (χ2n) is 19.7. The molecule has 0 radical (unpaired) electrons. The van der Waals surface area contributed by atoms with E-state index >= 15 is 92.2 Å². The average Bonchev–Trinajstić information content (AvgIpc) is 0.714. The van der Waals surface area contributed by atoms with Crippen LogP contribution in [0.25, 0.3) is 100 Å². The molecule has 10 aromatic rings. The highest BCUT2D eigenvalue weighted by Gasteiger charge is 2.44. The van der Waals surface area contributed by atoms with Crippen molar-refractivity contribution in [3.63, 3.8) is 0 Å². The summed E-state index contributed by atoms with van der Waals surface area (Å²) in [4.78, 5) is 0. The highest BCUT2D eigenvalue weighted by atomic mass is 19.2. The molecule has 0 aromatic heterocycles. The fourth-order valence-electron chi connectivity index (χ4n) is 10.0. The van der Waals surface area contributed by atoms with Crippen molar-refractivity contribution in [1.82, 2.24) is 0 Å². The molecule has 10 aromatic carbocycles. The third kappa shape index (κ3) is 9.95. The van der Waals surface area contributed by atoms with Gasteiger partial charge in [0.2, 0.25) is 34.9 Å². The first-order valence-electron chi connectivity index (χ1n) is 24.9. The van der Waals surface area contributed by atoms with E-state index in [1.165, 1.54) is 0 Å². The van der Waals surface area contributed by atoms with Crippen molar-refractivity contribution >= 4 is 0 Å². The van der Waals surface area contributed by atoms with Crippen LogP contribution in [0.3, 0.4) is 0 Å². The summed E-state index contributed by atoms with van der Waals surface area (Å²) in [6, 6.07) is -3.89. The van der Waals surface area contributed by atoms with Crippen molar-refractivity contribution in [2.75, 3.05) is 0 Å². The first kappa shape index (κ1) is 71.2. The smallest absolute Gasteiger partial charge is 0.200 e. The maximum Gasteiger partial charge on any atom is 0.200 e. The summed E-state index contributed by atoms with van der Waals surface area (Å²) >= 11 is 0. The van der Waals surface area contributed by atoms with Crippen molar-refractivity contribution in [3.8, 4) is 100 Å². The van der Waals surface area contributed by atoms with Crippen LogP contribution in [0.4, 0.5) is 171 Å². The molecule has 516 valence electrons. The second kappa shape index (κ2) is 24.5. The highest BCUT2D eigenvalue weighted by Crippen LogP contribution is 2.54. The van der Waals surface area contributed by atoms with Gasteiger partial charge in [-0.1, -0.05) is 0 Å². The third-order valence-electron chi connectivity index (χ3n) is 14.5. The second-order valence-corrected chi connectivity index (χ2v) is 19.7. The standard InChI is InChI=1S/C60H3F39/c61-22-4(1-7(13-31(70)43(82)55(94)44(83)32(13)71)25(64)16(22)19-37(76)49(88)58(97)50(89)38(19)77)10-28(67)11(5-2-8(14-33(72)45(84)56(95)46(85)34(14)73)26(65)17(23(5)62)20-39(78)51(90)59(98)52(91)40(20)79)30(69)12(29(10)68)6-3-9(15-35(74)47(86)57(96)48(87)36(15)75)27(66)18(24(6)63)21-41(80)53(92)60(99)54(93)42(21)81/h1-3H. The molecule has 0 N–H and O–H groups in total. The van der Waals surface area contributed by atoms with E-state index in [1.807, 2.05) is 0 Å². The van der Waals surface area contributed by atoms with Gasteiger partial charge in [0, 0.05) is 33.4 Å². The topological polar surface area (TPSA) is 0 Å². The minimum Gasteiger partial charge on any atom is -0.206 e. The van der Waals surface area contributed by atoms with Gasteiger partial charge in [-0.2, -0.15) is 0 Å². The quantitative estimate of drug-likeness (QED) is 0.0768. The molecule has 0 aliphatic carbocycles. The summed E-state index contributed by atoms with van der Waals surface area (Å²) in [5.74, 6) is -139. The Hall–Kier alpha value is -10.5. The lowest BCUT2D eigenvalue weighted by Gasteiger charge is -2.23. The molecule has 39 heteroatoms. The Kier molecular flexibility index (Phi) is 17.6. The zero-order valence-corrected chi connectivity index (χ0v) is 45.0. The van der Waals surface area contributed by atoms with E-state index in [0.29, 0.717) is 0 Å². The molecule has 0 spiro atoms. The van der Waals surface area contributed by atoms with Crippen molar-refractivity contribution < 1.29 is 171 Å². The molecule has 0 fully saturated rings. The monoisotopic (exact) mass is 1460 g/mol. The van der Waals surface area contributed by atoms with Gasteiger partial charge in [0.1, 0.15) is 52.4 Å². The minimum absolute atomic E-state index is 1.30. The van der Waals surface area contributed by atoms with Crippen molar-refractivity contribution in [1.29, 1.82) is 0 Å². The molecular formula is C60H3F39. The van der Waals surface area contributed by atoms with E-state index in [9.17, 15) is 79.0 Å². The van der Waals surface area contributed by atoms with Crippen LogP contribution < -0.4 is 0 Å². The summed E-state index contributed by atoms with van der Waals surface area (Å²) in [5, 5.41) is 0. The van der Waals surface area contributed by atoms with Gasteiger partial charge in [-0.15, -0.1) is 0 Å². The van der Waals surface area contributed by atoms with Crippen LogP contribution >= 0.6 is 0 Å². The molecule has 0 amide bonds. The van der Waals surface area contributed by atoms with Gasteiger partial charge in [0.25, 0.3) is 0 Å². The zero-order chi connectivity index (χ0) is 74.0. The van der Waals surface area contributed by atoms with Gasteiger partial charge in [-0.3, -0.25) is 0 Å². The normalized spacial score (nSPS) is 11.8. The molecule has 0 unspecified atom stereocenters. The Morgan fingerprint density at radius 1 is 0.0808 bits per heavy atom. The van der Waals surface area contributed by atoms with E-state index in [0.717, 1.165) is 0 Å². The van der Waals surface area contributed by atoms with Crippen LogP contribution in [0.15, 0.2) is 18.2 Å². The molecule has 0 saturated heterocycles. The molecule has 0 nitrogen and oxygen atoms in total. The van der Waals surface area contributed by atoms with Crippen LogP contribution in [-0.2, 0) is 0 Å². The predicted molar refractivity (Wildman–Crippen MR) is 254 cm³/mol. The van der Waals surface area contributed by atoms with Crippen molar-refractivity contribution in [2.45, 2.75) is 0 Å². The number of hydrogen-bond acceptors (Lipinski definition) is 0. The Labute approximate surface area is 515 Å². The summed E-state index contributed by atoms with van der Waals surface area (Å²) in [6.07, 6.45) is 0. The van der Waals surface area contributed by atoms with E-state index in [1.54, 1.807) is 0 Å². The Balaban J connectivity index is 1.57. The van der Waals surface area contributed by atoms with Crippen LogP contribution in [0.2, 0.25) is 0 Å².